The molecule has 0 radical (unpaired) electrons. The SMILES string of the molecule is COS(=O)(=O)[O-].C[N+]1(C)CCOCC1. The normalized spacial score (nSPS) is 20.9. The van der Waals surface area contributed by atoms with Crippen LogP contribution in [0.15, 0.2) is 0 Å². The van der Waals surface area contributed by atoms with Gasteiger partial charge in [-0.05, 0) is 0 Å². The van der Waals surface area contributed by atoms with E-state index < -0.39 is 10.4 Å². The molecular formula is C7H17NO5S. The summed E-state index contributed by atoms with van der Waals surface area (Å²) in [5.41, 5.74) is 0. The Hall–Kier alpha value is -0.210. The second kappa shape index (κ2) is 5.62. The molecule has 1 aliphatic heterocycles. The molecule has 6 nitrogen and oxygen atoms in total. The van der Waals surface area contributed by atoms with Gasteiger partial charge in [0.25, 0.3) is 0 Å². The minimum Gasteiger partial charge on any atom is -0.726 e. The van der Waals surface area contributed by atoms with Crippen LogP contribution in [0.2, 0.25) is 0 Å². The van der Waals surface area contributed by atoms with Crippen molar-refractivity contribution in [1.29, 1.82) is 0 Å². The van der Waals surface area contributed by atoms with Gasteiger partial charge in [0, 0.05) is 0 Å². The van der Waals surface area contributed by atoms with Crippen molar-refractivity contribution >= 4 is 10.4 Å². The molecule has 0 aliphatic carbocycles. The van der Waals surface area contributed by atoms with Crippen LogP contribution in [-0.4, -0.2) is 65.0 Å². The van der Waals surface area contributed by atoms with Crippen LogP contribution in [-0.2, 0) is 19.3 Å². The van der Waals surface area contributed by atoms with Crippen LogP contribution in [0.1, 0.15) is 0 Å². The number of quaternary nitrogens is 1. The smallest absolute Gasteiger partial charge is 0.217 e. The number of ether oxygens (including phenoxy) is 1. The summed E-state index contributed by atoms with van der Waals surface area (Å²) in [6.45, 7) is 4.21. The fourth-order valence-electron chi connectivity index (χ4n) is 0.837. The Kier molecular flexibility index (Phi) is 5.53. The van der Waals surface area contributed by atoms with Crippen molar-refractivity contribution in [3.8, 4) is 0 Å². The van der Waals surface area contributed by atoms with Gasteiger partial charge in [-0.25, -0.2) is 8.42 Å². The third kappa shape index (κ3) is 8.39. The Labute approximate surface area is 85.0 Å². The quantitative estimate of drug-likeness (QED) is 0.332. The predicted molar refractivity (Wildman–Crippen MR) is 49.4 cm³/mol. The van der Waals surface area contributed by atoms with Gasteiger partial charge < -0.3 is 13.8 Å². The molecule has 0 amide bonds. The average molecular weight is 227 g/mol. The molecule has 0 bridgehead atoms. The minimum absolute atomic E-state index is 0.808. The Morgan fingerprint density at radius 3 is 1.79 bits per heavy atom. The van der Waals surface area contributed by atoms with E-state index in [1.807, 2.05) is 0 Å². The minimum atomic E-state index is -4.41. The van der Waals surface area contributed by atoms with Crippen LogP contribution < -0.4 is 0 Å². The van der Waals surface area contributed by atoms with Crippen molar-refractivity contribution in [2.45, 2.75) is 0 Å². The predicted octanol–water partition coefficient (Wildman–Crippen LogP) is -0.814. The topological polar surface area (TPSA) is 75.7 Å². The van der Waals surface area contributed by atoms with Gasteiger partial charge in [-0.1, -0.05) is 0 Å². The third-order valence-electron chi connectivity index (χ3n) is 1.89. The van der Waals surface area contributed by atoms with Crippen LogP contribution in [0.5, 0.6) is 0 Å². The van der Waals surface area contributed by atoms with Gasteiger partial charge in [-0.3, -0.25) is 4.18 Å². The van der Waals surface area contributed by atoms with Gasteiger partial charge in [0.2, 0.25) is 10.4 Å². The van der Waals surface area contributed by atoms with E-state index in [0.717, 1.165) is 24.8 Å². The van der Waals surface area contributed by atoms with Gasteiger partial charge in [0.05, 0.1) is 34.4 Å². The summed E-state index contributed by atoms with van der Waals surface area (Å²) in [6.07, 6.45) is 0. The third-order valence-corrected chi connectivity index (χ3v) is 2.29. The van der Waals surface area contributed by atoms with E-state index in [9.17, 15) is 13.0 Å². The molecule has 0 unspecified atom stereocenters. The van der Waals surface area contributed by atoms with Crippen LogP contribution in [0.25, 0.3) is 0 Å². The standard InChI is InChI=1S/C6H14NO.CH4O4S/c1-7(2)3-5-8-6-4-7;1-5-6(2,3)4/h3-6H2,1-2H3;1H3,(H,2,3,4)/q+1;/p-1. The van der Waals surface area contributed by atoms with E-state index in [4.69, 9.17) is 4.74 Å². The summed E-state index contributed by atoms with van der Waals surface area (Å²) in [7, 11) is 0.873. The number of hydrogen-bond donors (Lipinski definition) is 0. The molecule has 1 saturated heterocycles. The first-order valence-corrected chi connectivity index (χ1v) is 5.51. The molecule has 7 heteroatoms. The Morgan fingerprint density at radius 1 is 1.29 bits per heavy atom. The molecule has 0 aromatic heterocycles. The average Bonchev–Trinajstić information content (AvgIpc) is 2.04. The fourth-order valence-corrected chi connectivity index (χ4v) is 0.837. The fraction of sp³-hybridized carbons (Fsp3) is 1.00. The van der Waals surface area contributed by atoms with Gasteiger partial charge in [-0.15, -0.1) is 0 Å². The van der Waals surface area contributed by atoms with E-state index >= 15 is 0 Å². The summed E-state index contributed by atoms with van der Waals surface area (Å²) in [5.74, 6) is 0. The maximum Gasteiger partial charge on any atom is 0.217 e. The van der Waals surface area contributed by atoms with Crippen LogP contribution in [0.4, 0.5) is 0 Å². The van der Waals surface area contributed by atoms with Crippen molar-refractivity contribution in [1.82, 2.24) is 0 Å². The molecule has 1 fully saturated rings. The Bertz CT molecular complexity index is 241. The molecule has 0 aromatic rings. The van der Waals surface area contributed by atoms with Crippen molar-refractivity contribution in [2.75, 3.05) is 47.5 Å². The van der Waals surface area contributed by atoms with E-state index in [2.05, 4.69) is 18.3 Å². The van der Waals surface area contributed by atoms with Crippen molar-refractivity contribution < 1.29 is 26.4 Å². The molecule has 0 aromatic carbocycles. The van der Waals surface area contributed by atoms with Crippen LogP contribution >= 0.6 is 0 Å². The van der Waals surface area contributed by atoms with Crippen molar-refractivity contribution in [3.63, 3.8) is 0 Å². The van der Waals surface area contributed by atoms with Gasteiger partial charge >= 0.3 is 0 Å². The Balaban J connectivity index is 0.000000255. The molecule has 0 N–H and O–H groups in total. The number of likely N-dealkylation sites (N-methyl/N-ethyl adjacent to an activating group) is 1. The lowest BCUT2D eigenvalue weighted by atomic mass is 10.4. The van der Waals surface area contributed by atoms with E-state index in [1.54, 1.807) is 0 Å². The lowest BCUT2D eigenvalue weighted by Gasteiger charge is -2.33. The first kappa shape index (κ1) is 13.8. The number of morpholine rings is 1. The monoisotopic (exact) mass is 227 g/mol. The van der Waals surface area contributed by atoms with Gasteiger partial charge in [0.15, 0.2) is 0 Å². The molecule has 14 heavy (non-hydrogen) atoms. The second-order valence-electron chi connectivity index (χ2n) is 3.57. The Morgan fingerprint density at radius 2 is 1.64 bits per heavy atom. The maximum absolute atomic E-state index is 9.22. The van der Waals surface area contributed by atoms with Crippen molar-refractivity contribution in [3.05, 3.63) is 0 Å². The van der Waals surface area contributed by atoms with Gasteiger partial charge in [0.1, 0.15) is 13.1 Å². The lowest BCUT2D eigenvalue weighted by molar-refractivity contribution is -0.898. The zero-order valence-corrected chi connectivity index (χ0v) is 9.54. The largest absolute Gasteiger partial charge is 0.726 e. The van der Waals surface area contributed by atoms with Crippen LogP contribution in [0.3, 0.4) is 0 Å². The summed E-state index contributed by atoms with van der Waals surface area (Å²) < 4.78 is 37.3. The van der Waals surface area contributed by atoms with E-state index in [-0.39, 0.29) is 0 Å². The molecule has 0 spiro atoms. The van der Waals surface area contributed by atoms with E-state index in [0.29, 0.717) is 0 Å². The molecule has 86 valence electrons. The first-order valence-electron chi connectivity index (χ1n) is 4.18. The first-order chi connectivity index (χ1) is 6.27. The summed E-state index contributed by atoms with van der Waals surface area (Å²) in [4.78, 5) is 0. The van der Waals surface area contributed by atoms with E-state index in [1.165, 1.54) is 13.1 Å². The summed E-state index contributed by atoms with van der Waals surface area (Å²) >= 11 is 0. The number of hydrogen-bond acceptors (Lipinski definition) is 5. The lowest BCUT2D eigenvalue weighted by Crippen LogP contribution is -2.48. The molecule has 0 saturated carbocycles. The summed E-state index contributed by atoms with van der Waals surface area (Å²) in [5, 5.41) is 0. The highest BCUT2D eigenvalue weighted by molar-refractivity contribution is 7.80. The zero-order valence-electron chi connectivity index (χ0n) is 8.73. The highest BCUT2D eigenvalue weighted by atomic mass is 32.3. The molecular weight excluding hydrogens is 210 g/mol. The highest BCUT2D eigenvalue weighted by Crippen LogP contribution is 2.00. The maximum atomic E-state index is 9.22. The molecule has 1 rings (SSSR count). The summed E-state index contributed by atoms with van der Waals surface area (Å²) in [6, 6.07) is 0. The highest BCUT2D eigenvalue weighted by Gasteiger charge is 2.18. The zero-order chi connectivity index (χ0) is 11.2. The number of nitrogens with zero attached hydrogens (tertiary/aromatic N) is 1. The molecule has 0 atom stereocenters. The van der Waals surface area contributed by atoms with Crippen LogP contribution in [0, 0.1) is 0 Å². The van der Waals surface area contributed by atoms with Crippen molar-refractivity contribution in [2.24, 2.45) is 0 Å². The van der Waals surface area contributed by atoms with Gasteiger partial charge in [-0.2, -0.15) is 0 Å². The second-order valence-corrected chi connectivity index (χ2v) is 4.72. The molecule has 1 heterocycles. The molecule has 1 aliphatic rings. The number of rotatable bonds is 1.